The van der Waals surface area contributed by atoms with Crippen molar-refractivity contribution in [2.24, 2.45) is 10.8 Å². The molecule has 0 saturated heterocycles. The normalized spacial score (nSPS) is 25.7. The minimum absolute atomic E-state index is 0.0180. The number of non-ortho nitro benzene ring substituents is 1. The van der Waals surface area contributed by atoms with Gasteiger partial charge in [-0.2, -0.15) is 0 Å². The van der Waals surface area contributed by atoms with Gasteiger partial charge in [0.1, 0.15) is 5.78 Å². The third kappa shape index (κ3) is 3.95. The number of carbonyl (C=O) groups excluding carboxylic acids is 2. The lowest BCUT2D eigenvalue weighted by molar-refractivity contribution is -0.384. The molecule has 0 radical (unpaired) electrons. The fourth-order valence-electron chi connectivity index (χ4n) is 6.87. The van der Waals surface area contributed by atoms with Gasteiger partial charge in [0.2, 0.25) is 5.91 Å². The first kappa shape index (κ1) is 23.6. The maximum atomic E-state index is 13.9. The minimum Gasteiger partial charge on any atom is -0.352 e. The average molecular weight is 499 g/mol. The number of nitro groups is 1. The average Bonchev–Trinajstić information content (AvgIpc) is 3.37. The molecular weight excluding hydrogens is 468 g/mol. The Bertz CT molecular complexity index is 1370. The standard InChI is InChI=1S/C29H30N4O4/c34-26(16-24-22-4-1-2-5-23(22)25-18-30-19-32(24)25)28-10-3-11-29(14-12-28,15-13-28)27(35)31-17-20-6-8-21(9-7-20)33(36)37/h1-2,4-9,18-19,24H,3,10-17H2,(H,31,35). The monoisotopic (exact) mass is 498 g/mol. The van der Waals surface area contributed by atoms with Crippen LogP contribution in [0.3, 0.4) is 0 Å². The topological polar surface area (TPSA) is 107 Å². The molecule has 2 aromatic carbocycles. The van der Waals surface area contributed by atoms with Gasteiger partial charge in [-0.3, -0.25) is 19.7 Å². The molecule has 3 aromatic rings. The van der Waals surface area contributed by atoms with Crippen molar-refractivity contribution in [3.8, 4) is 11.3 Å². The summed E-state index contributed by atoms with van der Waals surface area (Å²) in [6, 6.07) is 14.5. The van der Waals surface area contributed by atoms with E-state index >= 15 is 0 Å². The highest BCUT2D eigenvalue weighted by Crippen LogP contribution is 2.56. The van der Waals surface area contributed by atoms with E-state index < -0.39 is 10.3 Å². The summed E-state index contributed by atoms with van der Waals surface area (Å²) in [5, 5.41) is 14.0. The fourth-order valence-corrected chi connectivity index (χ4v) is 6.87. The van der Waals surface area contributed by atoms with Gasteiger partial charge < -0.3 is 9.88 Å². The number of ketones is 1. The molecule has 2 bridgehead atoms. The molecule has 1 aliphatic heterocycles. The van der Waals surface area contributed by atoms with E-state index in [9.17, 15) is 19.7 Å². The van der Waals surface area contributed by atoms with E-state index in [1.54, 1.807) is 12.1 Å². The summed E-state index contributed by atoms with van der Waals surface area (Å²) in [7, 11) is 0. The van der Waals surface area contributed by atoms with E-state index in [1.807, 2.05) is 24.7 Å². The quantitative estimate of drug-likeness (QED) is 0.348. The van der Waals surface area contributed by atoms with Crippen LogP contribution in [0.25, 0.3) is 11.3 Å². The van der Waals surface area contributed by atoms with Crippen molar-refractivity contribution in [2.45, 2.75) is 64.0 Å². The van der Waals surface area contributed by atoms with E-state index in [-0.39, 0.29) is 23.1 Å². The number of hydrogen-bond acceptors (Lipinski definition) is 5. The molecule has 0 spiro atoms. The maximum Gasteiger partial charge on any atom is 0.269 e. The second-order valence-corrected chi connectivity index (χ2v) is 10.9. The molecule has 1 unspecified atom stereocenters. The highest BCUT2D eigenvalue weighted by atomic mass is 16.6. The second-order valence-electron chi connectivity index (χ2n) is 10.9. The highest BCUT2D eigenvalue weighted by molar-refractivity contribution is 5.88. The number of nitrogens with zero attached hydrogens (tertiary/aromatic N) is 3. The molecule has 7 rings (SSSR count). The zero-order chi connectivity index (χ0) is 25.6. The highest BCUT2D eigenvalue weighted by Gasteiger charge is 2.52. The van der Waals surface area contributed by atoms with Crippen LogP contribution in [0.15, 0.2) is 61.1 Å². The molecule has 3 saturated carbocycles. The maximum absolute atomic E-state index is 13.9. The Morgan fingerprint density at radius 2 is 1.70 bits per heavy atom. The Balaban J connectivity index is 1.13. The number of nitrogens with one attached hydrogen (secondary N) is 1. The Morgan fingerprint density at radius 1 is 1.00 bits per heavy atom. The van der Waals surface area contributed by atoms with Gasteiger partial charge in [0.15, 0.2) is 0 Å². The van der Waals surface area contributed by atoms with Gasteiger partial charge in [-0.05, 0) is 49.7 Å². The predicted molar refractivity (Wildman–Crippen MR) is 138 cm³/mol. The molecule has 8 heteroatoms. The van der Waals surface area contributed by atoms with Gasteiger partial charge in [-0.15, -0.1) is 0 Å². The number of carbonyl (C=O) groups is 2. The van der Waals surface area contributed by atoms with Crippen LogP contribution in [-0.2, 0) is 16.1 Å². The number of imidazole rings is 1. The molecule has 1 atom stereocenters. The van der Waals surface area contributed by atoms with Crippen molar-refractivity contribution < 1.29 is 14.5 Å². The molecule has 37 heavy (non-hydrogen) atoms. The van der Waals surface area contributed by atoms with Crippen LogP contribution >= 0.6 is 0 Å². The first-order valence-electron chi connectivity index (χ1n) is 13.1. The molecule has 1 aromatic heterocycles. The number of fused-ring (bicyclic) bond motifs is 7. The van der Waals surface area contributed by atoms with E-state index in [0.29, 0.717) is 18.7 Å². The number of amides is 1. The van der Waals surface area contributed by atoms with E-state index in [2.05, 4.69) is 27.0 Å². The smallest absolute Gasteiger partial charge is 0.269 e. The summed E-state index contributed by atoms with van der Waals surface area (Å²) < 4.78 is 2.13. The van der Waals surface area contributed by atoms with E-state index in [0.717, 1.165) is 61.8 Å². The number of nitro benzene ring substituents is 1. The van der Waals surface area contributed by atoms with Crippen LogP contribution in [0.2, 0.25) is 0 Å². The largest absolute Gasteiger partial charge is 0.352 e. The molecule has 2 heterocycles. The molecule has 3 fully saturated rings. The number of benzene rings is 2. The molecule has 1 N–H and O–H groups in total. The van der Waals surface area contributed by atoms with Crippen molar-refractivity contribution in [3.63, 3.8) is 0 Å². The number of rotatable bonds is 7. The van der Waals surface area contributed by atoms with Crippen molar-refractivity contribution >= 4 is 17.4 Å². The zero-order valence-electron chi connectivity index (χ0n) is 20.7. The molecule has 190 valence electrons. The zero-order valence-corrected chi connectivity index (χ0v) is 20.7. The number of aromatic nitrogens is 2. The van der Waals surface area contributed by atoms with Crippen molar-refractivity contribution in [3.05, 3.63) is 82.3 Å². The van der Waals surface area contributed by atoms with Crippen LogP contribution in [0.5, 0.6) is 0 Å². The van der Waals surface area contributed by atoms with Crippen LogP contribution in [-0.4, -0.2) is 26.2 Å². The lowest BCUT2D eigenvalue weighted by Gasteiger charge is -2.41. The summed E-state index contributed by atoms with van der Waals surface area (Å²) in [6.07, 6.45) is 9.62. The molecular formula is C29H30N4O4. The summed E-state index contributed by atoms with van der Waals surface area (Å²) in [4.78, 5) is 42.0. The van der Waals surface area contributed by atoms with Crippen LogP contribution in [0.1, 0.15) is 68.5 Å². The van der Waals surface area contributed by atoms with Crippen LogP contribution in [0, 0.1) is 20.9 Å². The van der Waals surface area contributed by atoms with Crippen LogP contribution in [0.4, 0.5) is 5.69 Å². The van der Waals surface area contributed by atoms with Gasteiger partial charge >= 0.3 is 0 Å². The van der Waals surface area contributed by atoms with E-state index in [4.69, 9.17) is 0 Å². The molecule has 4 aliphatic rings. The number of Topliss-reactive ketones (excluding diaryl/α,β-unsaturated/α-hetero) is 1. The summed E-state index contributed by atoms with van der Waals surface area (Å²) in [5.74, 6) is 0.359. The minimum atomic E-state index is -0.432. The first-order valence-corrected chi connectivity index (χ1v) is 13.1. The van der Waals surface area contributed by atoms with Gasteiger partial charge in [0, 0.05) is 41.5 Å². The predicted octanol–water partition coefficient (Wildman–Crippen LogP) is 5.37. The van der Waals surface area contributed by atoms with Gasteiger partial charge in [0.05, 0.1) is 29.2 Å². The Labute approximate surface area is 215 Å². The third-order valence-corrected chi connectivity index (χ3v) is 9.12. The third-order valence-electron chi connectivity index (χ3n) is 9.12. The van der Waals surface area contributed by atoms with Crippen molar-refractivity contribution in [1.29, 1.82) is 0 Å². The van der Waals surface area contributed by atoms with Crippen molar-refractivity contribution in [2.75, 3.05) is 0 Å². The Kier molecular flexibility index (Phi) is 5.70. The molecule has 3 aliphatic carbocycles. The van der Waals surface area contributed by atoms with Gasteiger partial charge in [0.25, 0.3) is 5.69 Å². The summed E-state index contributed by atoms with van der Waals surface area (Å²) in [5.41, 5.74) is 3.50. The summed E-state index contributed by atoms with van der Waals surface area (Å²) in [6.45, 7) is 0.344. The Morgan fingerprint density at radius 3 is 2.46 bits per heavy atom. The number of hydrogen-bond donors (Lipinski definition) is 1. The van der Waals surface area contributed by atoms with Crippen molar-refractivity contribution in [1.82, 2.24) is 14.9 Å². The molecule has 8 nitrogen and oxygen atoms in total. The summed E-state index contributed by atoms with van der Waals surface area (Å²) >= 11 is 0. The SMILES string of the molecule is O=C(CC1c2ccccc2-c2cncn21)C12CCCC(C(=O)NCc3ccc([N+](=O)[O-])cc3)(CC1)CC2. The molecule has 1 amide bonds. The lowest BCUT2D eigenvalue weighted by Crippen LogP contribution is -2.45. The lowest BCUT2D eigenvalue weighted by atomic mass is 9.62. The van der Waals surface area contributed by atoms with Gasteiger partial charge in [-0.25, -0.2) is 4.98 Å². The second kappa shape index (κ2) is 8.94. The van der Waals surface area contributed by atoms with E-state index in [1.165, 1.54) is 17.7 Å². The van der Waals surface area contributed by atoms with Gasteiger partial charge in [-0.1, -0.05) is 42.8 Å². The Hall–Kier alpha value is -3.81. The van der Waals surface area contributed by atoms with Crippen LogP contribution < -0.4 is 5.32 Å². The first-order chi connectivity index (χ1) is 17.9. The fraction of sp³-hybridized carbons (Fsp3) is 0.414.